The largest absolute Gasteiger partial charge is 0.384 e. The Morgan fingerprint density at radius 3 is 3.05 bits per heavy atom. The van der Waals surface area contributed by atoms with Crippen molar-refractivity contribution in [2.75, 3.05) is 12.3 Å². The van der Waals surface area contributed by atoms with Crippen LogP contribution in [0.1, 0.15) is 27.4 Å². The van der Waals surface area contributed by atoms with E-state index in [0.717, 1.165) is 6.42 Å². The number of nitrogens with two attached hydrogens (primary N) is 1. The minimum absolute atomic E-state index is 0.214. The number of nitrogen functional groups attached to an aromatic ring is 1. The number of amides is 1. The highest BCUT2D eigenvalue weighted by molar-refractivity contribution is 6.33. The van der Waals surface area contributed by atoms with E-state index < -0.39 is 0 Å². The quantitative estimate of drug-likeness (QED) is 0.911. The molecular formula is C15H14ClN3O. The number of hydrogen-bond donors (Lipinski definition) is 2. The van der Waals surface area contributed by atoms with Crippen LogP contribution in [-0.2, 0) is 6.42 Å². The van der Waals surface area contributed by atoms with Crippen LogP contribution in [0.25, 0.3) is 0 Å². The maximum atomic E-state index is 12.1. The van der Waals surface area contributed by atoms with Gasteiger partial charge in [-0.2, -0.15) is 0 Å². The van der Waals surface area contributed by atoms with Gasteiger partial charge in [0.2, 0.25) is 0 Å². The summed E-state index contributed by atoms with van der Waals surface area (Å²) in [6, 6.07) is 9.77. The van der Waals surface area contributed by atoms with E-state index in [1.165, 1.54) is 23.4 Å². The van der Waals surface area contributed by atoms with Gasteiger partial charge in [-0.05, 0) is 23.6 Å². The number of hydrogen-bond acceptors (Lipinski definition) is 3. The zero-order chi connectivity index (χ0) is 14.1. The van der Waals surface area contributed by atoms with Gasteiger partial charge in [0.05, 0.1) is 10.6 Å². The van der Waals surface area contributed by atoms with Crippen molar-refractivity contribution in [2.45, 2.75) is 12.3 Å². The molecule has 1 heterocycles. The summed E-state index contributed by atoms with van der Waals surface area (Å²) in [5, 5.41) is 3.21. The summed E-state index contributed by atoms with van der Waals surface area (Å²) >= 11 is 5.96. The number of nitrogens with one attached hydrogen (secondary N) is 1. The summed E-state index contributed by atoms with van der Waals surface area (Å²) in [5.74, 6) is 0.454. The Balaban J connectivity index is 1.65. The fourth-order valence-electron chi connectivity index (χ4n) is 2.48. The molecule has 2 aromatic rings. The molecule has 1 atom stereocenters. The number of benzene rings is 1. The first-order chi connectivity index (χ1) is 9.65. The molecule has 4 nitrogen and oxygen atoms in total. The third kappa shape index (κ3) is 2.34. The Morgan fingerprint density at radius 2 is 2.25 bits per heavy atom. The van der Waals surface area contributed by atoms with E-state index in [2.05, 4.69) is 22.4 Å². The Morgan fingerprint density at radius 1 is 1.45 bits per heavy atom. The molecule has 102 valence electrons. The maximum Gasteiger partial charge on any atom is 0.253 e. The molecule has 0 aliphatic heterocycles. The van der Waals surface area contributed by atoms with Crippen LogP contribution in [0, 0.1) is 0 Å². The number of nitrogens with zero attached hydrogens (tertiary/aromatic N) is 1. The van der Waals surface area contributed by atoms with Crippen LogP contribution in [0.4, 0.5) is 5.82 Å². The predicted octanol–water partition coefficient (Wildman–Crippen LogP) is 2.39. The lowest BCUT2D eigenvalue weighted by atomic mass is 9.77. The lowest BCUT2D eigenvalue weighted by molar-refractivity contribution is 0.0950. The number of anilines is 1. The van der Waals surface area contributed by atoms with Gasteiger partial charge in [0.25, 0.3) is 5.91 Å². The van der Waals surface area contributed by atoms with Crippen molar-refractivity contribution in [3.8, 4) is 0 Å². The SMILES string of the molecule is Nc1cc(C(=O)NCC2Cc3ccccc32)c(Cl)cn1. The van der Waals surface area contributed by atoms with Crippen molar-refractivity contribution in [2.24, 2.45) is 0 Å². The average molecular weight is 288 g/mol. The molecule has 1 aliphatic rings. The highest BCUT2D eigenvalue weighted by Gasteiger charge is 2.25. The van der Waals surface area contributed by atoms with Crippen molar-refractivity contribution in [3.05, 3.63) is 58.2 Å². The molecule has 20 heavy (non-hydrogen) atoms. The van der Waals surface area contributed by atoms with Gasteiger partial charge in [0.1, 0.15) is 5.82 Å². The average Bonchev–Trinajstić information content (AvgIpc) is 2.42. The monoisotopic (exact) mass is 287 g/mol. The summed E-state index contributed by atoms with van der Waals surface area (Å²) in [5.41, 5.74) is 8.61. The lowest BCUT2D eigenvalue weighted by Crippen LogP contribution is -2.33. The predicted molar refractivity (Wildman–Crippen MR) is 78.9 cm³/mol. The minimum atomic E-state index is -0.214. The molecular weight excluding hydrogens is 274 g/mol. The molecule has 0 spiro atoms. The number of halogens is 1. The Hall–Kier alpha value is -2.07. The van der Waals surface area contributed by atoms with Crippen LogP contribution in [-0.4, -0.2) is 17.4 Å². The molecule has 3 N–H and O–H groups in total. The van der Waals surface area contributed by atoms with Gasteiger partial charge in [-0.25, -0.2) is 4.98 Å². The first kappa shape index (κ1) is 12.9. The zero-order valence-electron chi connectivity index (χ0n) is 10.8. The number of rotatable bonds is 3. The molecule has 0 bridgehead atoms. The minimum Gasteiger partial charge on any atom is -0.384 e. The van der Waals surface area contributed by atoms with Crippen molar-refractivity contribution in [3.63, 3.8) is 0 Å². The second kappa shape index (κ2) is 5.13. The second-order valence-electron chi connectivity index (χ2n) is 4.90. The van der Waals surface area contributed by atoms with Gasteiger partial charge in [0.15, 0.2) is 0 Å². The first-order valence-electron chi connectivity index (χ1n) is 6.42. The number of carbonyl (C=O) groups is 1. The molecule has 0 fully saturated rings. The van der Waals surface area contributed by atoms with Gasteiger partial charge in [-0.15, -0.1) is 0 Å². The Labute approximate surface area is 122 Å². The smallest absolute Gasteiger partial charge is 0.253 e. The third-order valence-electron chi connectivity index (χ3n) is 3.59. The molecule has 1 aromatic heterocycles. The molecule has 1 amide bonds. The zero-order valence-corrected chi connectivity index (χ0v) is 11.5. The van der Waals surface area contributed by atoms with E-state index in [9.17, 15) is 4.79 Å². The van der Waals surface area contributed by atoms with E-state index in [0.29, 0.717) is 23.0 Å². The third-order valence-corrected chi connectivity index (χ3v) is 3.89. The summed E-state index contributed by atoms with van der Waals surface area (Å²) in [6.07, 6.45) is 2.40. The Bertz CT molecular complexity index is 672. The molecule has 0 saturated carbocycles. The van der Waals surface area contributed by atoms with Crippen LogP contribution in [0.5, 0.6) is 0 Å². The van der Waals surface area contributed by atoms with Crippen LogP contribution in [0.15, 0.2) is 36.5 Å². The fraction of sp³-hybridized carbons (Fsp3) is 0.200. The van der Waals surface area contributed by atoms with E-state index in [1.54, 1.807) is 0 Å². The number of aromatic nitrogens is 1. The normalized spacial score (nSPS) is 16.1. The molecule has 3 rings (SSSR count). The topological polar surface area (TPSA) is 68.0 Å². The molecule has 1 aromatic carbocycles. The summed E-state index contributed by atoms with van der Waals surface area (Å²) in [4.78, 5) is 15.9. The van der Waals surface area contributed by atoms with Gasteiger partial charge in [0, 0.05) is 18.7 Å². The van der Waals surface area contributed by atoms with Crippen LogP contribution in [0.2, 0.25) is 5.02 Å². The van der Waals surface area contributed by atoms with Crippen LogP contribution >= 0.6 is 11.6 Å². The van der Waals surface area contributed by atoms with E-state index in [4.69, 9.17) is 17.3 Å². The lowest BCUT2D eigenvalue weighted by Gasteiger charge is -2.30. The highest BCUT2D eigenvalue weighted by Crippen LogP contribution is 2.34. The summed E-state index contributed by atoms with van der Waals surface area (Å²) in [7, 11) is 0. The fourth-order valence-corrected chi connectivity index (χ4v) is 2.67. The van der Waals surface area contributed by atoms with E-state index in [1.807, 2.05) is 12.1 Å². The van der Waals surface area contributed by atoms with Gasteiger partial charge >= 0.3 is 0 Å². The first-order valence-corrected chi connectivity index (χ1v) is 6.80. The van der Waals surface area contributed by atoms with E-state index in [-0.39, 0.29) is 11.7 Å². The second-order valence-corrected chi connectivity index (χ2v) is 5.31. The van der Waals surface area contributed by atoms with Crippen LogP contribution in [0.3, 0.4) is 0 Å². The highest BCUT2D eigenvalue weighted by atomic mass is 35.5. The van der Waals surface area contributed by atoms with Gasteiger partial charge < -0.3 is 11.1 Å². The standard InChI is InChI=1S/C15H14ClN3O/c16-13-8-18-14(17)6-12(13)15(20)19-7-10-5-9-3-1-2-4-11(9)10/h1-4,6,8,10H,5,7H2,(H2,17,18)(H,19,20). The summed E-state index contributed by atoms with van der Waals surface area (Å²) < 4.78 is 0. The maximum absolute atomic E-state index is 12.1. The molecule has 1 aliphatic carbocycles. The van der Waals surface area contributed by atoms with Crippen LogP contribution < -0.4 is 11.1 Å². The number of carbonyl (C=O) groups excluding carboxylic acids is 1. The molecule has 5 heteroatoms. The molecule has 0 saturated heterocycles. The van der Waals surface area contributed by atoms with E-state index >= 15 is 0 Å². The number of pyridine rings is 1. The molecule has 1 unspecified atom stereocenters. The van der Waals surface area contributed by atoms with Crippen molar-refractivity contribution < 1.29 is 4.79 Å². The summed E-state index contributed by atoms with van der Waals surface area (Å²) in [6.45, 7) is 0.606. The Kier molecular flexibility index (Phi) is 3.32. The van der Waals surface area contributed by atoms with Gasteiger partial charge in [-0.3, -0.25) is 4.79 Å². The van der Waals surface area contributed by atoms with Crippen molar-refractivity contribution in [1.82, 2.24) is 10.3 Å². The van der Waals surface area contributed by atoms with Gasteiger partial charge in [-0.1, -0.05) is 35.9 Å². The van der Waals surface area contributed by atoms with Crippen molar-refractivity contribution in [1.29, 1.82) is 0 Å². The van der Waals surface area contributed by atoms with Crippen molar-refractivity contribution >= 4 is 23.3 Å². The molecule has 0 radical (unpaired) electrons. The number of fused-ring (bicyclic) bond motifs is 1.